The summed E-state index contributed by atoms with van der Waals surface area (Å²) in [5, 5.41) is 22.7. The Kier molecular flexibility index (Phi) is 4.19. The molecular weight excluding hydrogens is 338 g/mol. The van der Waals surface area contributed by atoms with Crippen LogP contribution in [0.25, 0.3) is 17.3 Å². The fraction of sp³-hybridized carbons (Fsp3) is 0.312. The molecule has 3 heterocycles. The quantitative estimate of drug-likeness (QED) is 0.552. The molecule has 0 radical (unpaired) electrons. The molecule has 0 bridgehead atoms. The van der Waals surface area contributed by atoms with Crippen molar-refractivity contribution in [2.45, 2.75) is 6.04 Å². The minimum absolute atomic E-state index is 0.00691. The number of likely N-dealkylation sites (N-methyl/N-ethyl adjacent to an activating group) is 1. The third-order valence-corrected chi connectivity index (χ3v) is 4.36. The van der Waals surface area contributed by atoms with Crippen LogP contribution in [0.5, 0.6) is 0 Å². The minimum Gasteiger partial charge on any atom is -0.332 e. The zero-order valence-corrected chi connectivity index (χ0v) is 14.1. The van der Waals surface area contributed by atoms with E-state index in [2.05, 4.69) is 25.5 Å². The number of nitrogens with zero attached hydrogens (tertiary/aromatic N) is 6. The number of non-ortho nitro benzene ring substituents is 1. The number of nitro groups is 1. The van der Waals surface area contributed by atoms with E-state index < -0.39 is 4.92 Å². The number of rotatable bonds is 4. The van der Waals surface area contributed by atoms with Gasteiger partial charge in [-0.1, -0.05) is 11.2 Å². The van der Waals surface area contributed by atoms with E-state index in [4.69, 9.17) is 4.52 Å². The first-order chi connectivity index (χ1) is 12.6. The van der Waals surface area contributed by atoms with Crippen molar-refractivity contribution in [1.82, 2.24) is 30.1 Å². The molecule has 0 aliphatic carbocycles. The van der Waals surface area contributed by atoms with Gasteiger partial charge < -0.3 is 9.84 Å². The van der Waals surface area contributed by atoms with Crippen LogP contribution < -0.4 is 5.32 Å². The maximum atomic E-state index is 10.9. The molecule has 1 saturated heterocycles. The zero-order valence-electron chi connectivity index (χ0n) is 14.1. The van der Waals surface area contributed by atoms with E-state index >= 15 is 0 Å². The van der Waals surface area contributed by atoms with E-state index in [-0.39, 0.29) is 11.7 Å². The molecule has 1 aliphatic rings. The van der Waals surface area contributed by atoms with Crippen LogP contribution in [0.4, 0.5) is 5.69 Å². The standard InChI is InChI=1S/C16H17N7O3/c1-21-8-6-17-10-14(21)15-18-16(26-20-15)13-5-7-22(19-13)11-3-2-4-12(9-11)23(24)25/h2-5,7,9,14,17H,6,8,10H2,1H3. The summed E-state index contributed by atoms with van der Waals surface area (Å²) in [6.45, 7) is 2.61. The van der Waals surface area contributed by atoms with E-state index in [0.717, 1.165) is 19.6 Å². The van der Waals surface area contributed by atoms with Gasteiger partial charge in [0.25, 0.3) is 11.6 Å². The lowest BCUT2D eigenvalue weighted by molar-refractivity contribution is -0.384. The summed E-state index contributed by atoms with van der Waals surface area (Å²) in [4.78, 5) is 17.1. The van der Waals surface area contributed by atoms with Crippen LogP contribution in [0.15, 0.2) is 41.1 Å². The number of hydrogen-bond donors (Lipinski definition) is 1. The molecule has 1 aromatic carbocycles. The summed E-state index contributed by atoms with van der Waals surface area (Å²) in [6.07, 6.45) is 1.70. The summed E-state index contributed by atoms with van der Waals surface area (Å²) in [7, 11) is 2.03. The topological polar surface area (TPSA) is 115 Å². The van der Waals surface area contributed by atoms with Crippen molar-refractivity contribution in [3.63, 3.8) is 0 Å². The van der Waals surface area contributed by atoms with Crippen LogP contribution >= 0.6 is 0 Å². The van der Waals surface area contributed by atoms with Gasteiger partial charge in [-0.2, -0.15) is 10.1 Å². The highest BCUT2D eigenvalue weighted by Gasteiger charge is 2.26. The van der Waals surface area contributed by atoms with Gasteiger partial charge in [0.15, 0.2) is 11.5 Å². The number of nitrogens with one attached hydrogen (secondary N) is 1. The molecule has 134 valence electrons. The van der Waals surface area contributed by atoms with Crippen molar-refractivity contribution in [3.05, 3.63) is 52.5 Å². The Morgan fingerprint density at radius 1 is 1.38 bits per heavy atom. The Labute approximate surface area is 148 Å². The fourth-order valence-electron chi connectivity index (χ4n) is 2.90. The Morgan fingerprint density at radius 3 is 3.08 bits per heavy atom. The van der Waals surface area contributed by atoms with Gasteiger partial charge in [-0.3, -0.25) is 15.0 Å². The number of benzene rings is 1. The lowest BCUT2D eigenvalue weighted by atomic mass is 10.2. The van der Waals surface area contributed by atoms with Gasteiger partial charge in [-0.05, 0) is 19.2 Å². The van der Waals surface area contributed by atoms with Gasteiger partial charge in [0.2, 0.25) is 0 Å². The van der Waals surface area contributed by atoms with Gasteiger partial charge in [0.1, 0.15) is 0 Å². The van der Waals surface area contributed by atoms with Gasteiger partial charge >= 0.3 is 0 Å². The first-order valence-electron chi connectivity index (χ1n) is 8.17. The maximum absolute atomic E-state index is 10.9. The summed E-state index contributed by atoms with van der Waals surface area (Å²) in [5.74, 6) is 0.933. The molecule has 10 nitrogen and oxygen atoms in total. The second-order valence-electron chi connectivity index (χ2n) is 6.08. The van der Waals surface area contributed by atoms with Crippen molar-refractivity contribution in [3.8, 4) is 17.3 Å². The van der Waals surface area contributed by atoms with Crippen LogP contribution in [-0.4, -0.2) is 56.4 Å². The molecule has 1 aliphatic heterocycles. The Balaban J connectivity index is 1.59. The first-order valence-corrected chi connectivity index (χ1v) is 8.17. The monoisotopic (exact) mass is 355 g/mol. The summed E-state index contributed by atoms with van der Waals surface area (Å²) >= 11 is 0. The molecule has 1 unspecified atom stereocenters. The summed E-state index contributed by atoms with van der Waals surface area (Å²) < 4.78 is 6.91. The molecule has 0 saturated carbocycles. The van der Waals surface area contributed by atoms with Gasteiger partial charge in [0, 0.05) is 38.0 Å². The van der Waals surface area contributed by atoms with Crippen molar-refractivity contribution >= 4 is 5.69 Å². The number of hydrogen-bond acceptors (Lipinski definition) is 8. The Hall–Kier alpha value is -3.11. The van der Waals surface area contributed by atoms with E-state index in [1.807, 2.05) is 7.05 Å². The molecule has 3 aromatic rings. The zero-order chi connectivity index (χ0) is 18.1. The summed E-state index contributed by atoms with van der Waals surface area (Å²) in [6, 6.07) is 8.04. The molecule has 0 spiro atoms. The molecule has 26 heavy (non-hydrogen) atoms. The highest BCUT2D eigenvalue weighted by atomic mass is 16.6. The van der Waals surface area contributed by atoms with E-state index in [0.29, 0.717) is 23.1 Å². The minimum atomic E-state index is -0.438. The van der Waals surface area contributed by atoms with Crippen LogP contribution in [-0.2, 0) is 0 Å². The lowest BCUT2D eigenvalue weighted by Crippen LogP contribution is -2.44. The van der Waals surface area contributed by atoms with Crippen LogP contribution in [0.3, 0.4) is 0 Å². The first kappa shape index (κ1) is 16.4. The van der Waals surface area contributed by atoms with Crippen molar-refractivity contribution in [1.29, 1.82) is 0 Å². The van der Waals surface area contributed by atoms with E-state index in [1.54, 1.807) is 29.1 Å². The van der Waals surface area contributed by atoms with Crippen LogP contribution in [0.1, 0.15) is 11.9 Å². The average Bonchev–Trinajstić information content (AvgIpc) is 3.32. The average molecular weight is 355 g/mol. The van der Waals surface area contributed by atoms with Gasteiger partial charge in [0.05, 0.1) is 16.7 Å². The highest BCUT2D eigenvalue weighted by molar-refractivity contribution is 5.48. The maximum Gasteiger partial charge on any atom is 0.278 e. The SMILES string of the molecule is CN1CCNCC1c1noc(-c2ccn(-c3cccc([N+](=O)[O-])c3)n2)n1. The van der Waals surface area contributed by atoms with Crippen molar-refractivity contribution in [2.24, 2.45) is 0 Å². The predicted molar refractivity (Wildman–Crippen MR) is 91.8 cm³/mol. The van der Waals surface area contributed by atoms with E-state index in [1.165, 1.54) is 12.1 Å². The molecule has 0 amide bonds. The van der Waals surface area contributed by atoms with E-state index in [9.17, 15) is 10.1 Å². The molecule has 1 atom stereocenters. The summed E-state index contributed by atoms with van der Waals surface area (Å²) in [5.41, 5.74) is 1.11. The largest absolute Gasteiger partial charge is 0.332 e. The molecular formula is C16H17N7O3. The number of nitro benzene ring substituents is 1. The lowest BCUT2D eigenvalue weighted by Gasteiger charge is -2.30. The number of aromatic nitrogens is 4. The van der Waals surface area contributed by atoms with Crippen molar-refractivity contribution in [2.75, 3.05) is 26.7 Å². The van der Waals surface area contributed by atoms with Crippen molar-refractivity contribution < 1.29 is 9.45 Å². The Morgan fingerprint density at radius 2 is 2.27 bits per heavy atom. The third kappa shape index (κ3) is 3.07. The molecule has 2 aromatic heterocycles. The smallest absolute Gasteiger partial charge is 0.278 e. The fourth-order valence-corrected chi connectivity index (χ4v) is 2.90. The molecule has 1 fully saturated rings. The van der Waals surface area contributed by atoms with Gasteiger partial charge in [-0.15, -0.1) is 0 Å². The Bertz CT molecular complexity index is 935. The number of piperazine rings is 1. The molecule has 1 N–H and O–H groups in total. The second kappa shape index (κ2) is 6.65. The molecule has 10 heteroatoms. The van der Waals surface area contributed by atoms with Crippen LogP contribution in [0.2, 0.25) is 0 Å². The normalized spacial score (nSPS) is 18.1. The van der Waals surface area contributed by atoms with Gasteiger partial charge in [-0.25, -0.2) is 4.68 Å². The highest BCUT2D eigenvalue weighted by Crippen LogP contribution is 2.23. The van der Waals surface area contributed by atoms with Crippen LogP contribution in [0, 0.1) is 10.1 Å². The predicted octanol–water partition coefficient (Wildman–Crippen LogP) is 1.41. The third-order valence-electron chi connectivity index (χ3n) is 4.36. The second-order valence-corrected chi connectivity index (χ2v) is 6.08. The molecule has 4 rings (SSSR count).